The highest BCUT2D eigenvalue weighted by molar-refractivity contribution is 7.89. The Morgan fingerprint density at radius 1 is 1.06 bits per heavy atom. The van der Waals surface area contributed by atoms with Crippen LogP contribution < -0.4 is 14.8 Å². The first-order chi connectivity index (χ1) is 14.6. The maximum absolute atomic E-state index is 12.4. The minimum Gasteiger partial charge on any atom is -0.493 e. The summed E-state index contributed by atoms with van der Waals surface area (Å²) in [4.78, 5) is 24.5. The topological polar surface area (TPSA) is 111 Å². The van der Waals surface area contributed by atoms with Gasteiger partial charge in [-0.25, -0.2) is 17.5 Å². The maximum atomic E-state index is 12.4. The van der Waals surface area contributed by atoms with Gasteiger partial charge in [0.05, 0.1) is 24.2 Å². The van der Waals surface area contributed by atoms with E-state index in [0.29, 0.717) is 23.7 Å². The van der Waals surface area contributed by atoms with Crippen molar-refractivity contribution in [1.29, 1.82) is 0 Å². The van der Waals surface area contributed by atoms with Gasteiger partial charge in [-0.05, 0) is 49.7 Å². The lowest BCUT2D eigenvalue weighted by molar-refractivity contribution is -0.119. The van der Waals surface area contributed by atoms with Crippen molar-refractivity contribution in [2.45, 2.75) is 18.7 Å². The molecular weight excluding hydrogens is 424 g/mol. The Morgan fingerprint density at radius 3 is 2.39 bits per heavy atom. The minimum atomic E-state index is -3.67. The van der Waals surface area contributed by atoms with Gasteiger partial charge in [0.15, 0.2) is 18.1 Å². The van der Waals surface area contributed by atoms with Gasteiger partial charge in [-0.2, -0.15) is 0 Å². The Hall–Kier alpha value is -3.11. The zero-order valence-corrected chi connectivity index (χ0v) is 18.9. The van der Waals surface area contributed by atoms with E-state index in [-0.39, 0.29) is 16.1 Å². The van der Waals surface area contributed by atoms with Crippen molar-refractivity contribution in [1.82, 2.24) is 4.31 Å². The van der Waals surface area contributed by atoms with Crippen molar-refractivity contribution in [3.63, 3.8) is 0 Å². The Labute approximate surface area is 182 Å². The van der Waals surface area contributed by atoms with Crippen LogP contribution in [-0.2, 0) is 19.6 Å². The third kappa shape index (κ3) is 5.96. The average Bonchev–Trinajstić information content (AvgIpc) is 2.73. The molecular formula is C21H26N2O7S. The smallest absolute Gasteiger partial charge is 0.338 e. The SMILES string of the molecule is CCOc1ccc(C(=O)OCC(=O)Nc2ccc(C)c(S(=O)(=O)N(C)C)c2)cc1OC. The van der Waals surface area contributed by atoms with E-state index in [1.807, 2.05) is 6.92 Å². The van der Waals surface area contributed by atoms with Crippen molar-refractivity contribution in [2.24, 2.45) is 0 Å². The van der Waals surface area contributed by atoms with Crippen molar-refractivity contribution >= 4 is 27.6 Å². The lowest BCUT2D eigenvalue weighted by atomic mass is 10.2. The second-order valence-electron chi connectivity index (χ2n) is 6.69. The molecule has 2 rings (SSSR count). The second kappa shape index (κ2) is 10.3. The van der Waals surface area contributed by atoms with Crippen LogP contribution in [0.25, 0.3) is 0 Å². The number of methoxy groups -OCH3 is 1. The zero-order chi connectivity index (χ0) is 23.2. The van der Waals surface area contributed by atoms with Gasteiger partial charge in [0.25, 0.3) is 5.91 Å². The second-order valence-corrected chi connectivity index (χ2v) is 8.81. The molecule has 0 aromatic heterocycles. The van der Waals surface area contributed by atoms with E-state index < -0.39 is 28.5 Å². The molecule has 0 aliphatic heterocycles. The molecule has 0 unspecified atom stereocenters. The zero-order valence-electron chi connectivity index (χ0n) is 18.1. The summed E-state index contributed by atoms with van der Waals surface area (Å²) in [7, 11) is 0.636. The average molecular weight is 451 g/mol. The summed E-state index contributed by atoms with van der Waals surface area (Å²) in [5.74, 6) is -0.461. The number of nitrogens with one attached hydrogen (secondary N) is 1. The number of benzene rings is 2. The van der Waals surface area contributed by atoms with Gasteiger partial charge >= 0.3 is 5.97 Å². The Balaban J connectivity index is 2.05. The molecule has 31 heavy (non-hydrogen) atoms. The molecule has 0 bridgehead atoms. The Bertz CT molecular complexity index is 1070. The van der Waals surface area contributed by atoms with Crippen LogP contribution in [0.15, 0.2) is 41.3 Å². The van der Waals surface area contributed by atoms with Crippen LogP contribution in [0.3, 0.4) is 0 Å². The molecule has 10 heteroatoms. The van der Waals surface area contributed by atoms with Crippen LogP contribution in [0.2, 0.25) is 0 Å². The van der Waals surface area contributed by atoms with Gasteiger partial charge in [0, 0.05) is 19.8 Å². The fraction of sp³-hybridized carbons (Fsp3) is 0.333. The summed E-state index contributed by atoms with van der Waals surface area (Å²) >= 11 is 0. The first-order valence-corrected chi connectivity index (χ1v) is 10.8. The molecule has 9 nitrogen and oxygen atoms in total. The first kappa shape index (κ1) is 24.2. The molecule has 0 heterocycles. The summed E-state index contributed by atoms with van der Waals surface area (Å²) in [5.41, 5.74) is 1.01. The third-order valence-electron chi connectivity index (χ3n) is 4.26. The van der Waals surface area contributed by atoms with Gasteiger partial charge < -0.3 is 19.5 Å². The molecule has 0 aliphatic rings. The van der Waals surface area contributed by atoms with Gasteiger partial charge in [-0.15, -0.1) is 0 Å². The number of aryl methyl sites for hydroxylation is 1. The molecule has 1 N–H and O–H groups in total. The van der Waals surface area contributed by atoms with Crippen molar-refractivity contribution in [2.75, 3.05) is 39.7 Å². The fourth-order valence-corrected chi connectivity index (χ4v) is 3.78. The predicted octanol–water partition coefficient (Wildman–Crippen LogP) is 2.45. The molecule has 0 saturated heterocycles. The highest BCUT2D eigenvalue weighted by atomic mass is 32.2. The predicted molar refractivity (Wildman–Crippen MR) is 115 cm³/mol. The number of esters is 1. The molecule has 0 spiro atoms. The highest BCUT2D eigenvalue weighted by Gasteiger charge is 2.21. The summed E-state index contributed by atoms with van der Waals surface area (Å²) in [5, 5.41) is 2.53. The molecule has 0 radical (unpaired) electrons. The quantitative estimate of drug-likeness (QED) is 0.584. The molecule has 0 saturated carbocycles. The van der Waals surface area contributed by atoms with Gasteiger partial charge in [0.2, 0.25) is 10.0 Å². The highest BCUT2D eigenvalue weighted by Crippen LogP contribution is 2.28. The summed E-state index contributed by atoms with van der Waals surface area (Å²) in [6.45, 7) is 3.39. The van der Waals surface area contributed by atoms with Crippen molar-refractivity contribution in [3.05, 3.63) is 47.5 Å². The molecule has 168 valence electrons. The van der Waals surface area contributed by atoms with E-state index in [2.05, 4.69) is 5.32 Å². The Morgan fingerprint density at radius 2 is 1.77 bits per heavy atom. The molecule has 1 amide bonds. The number of sulfonamides is 1. The summed E-state index contributed by atoms with van der Waals surface area (Å²) in [6.07, 6.45) is 0. The number of carbonyl (C=O) groups excluding carboxylic acids is 2. The molecule has 2 aromatic rings. The van der Waals surface area contributed by atoms with Gasteiger partial charge in [-0.1, -0.05) is 6.07 Å². The van der Waals surface area contributed by atoms with E-state index in [4.69, 9.17) is 14.2 Å². The van der Waals surface area contributed by atoms with Crippen LogP contribution >= 0.6 is 0 Å². The monoisotopic (exact) mass is 450 g/mol. The number of amides is 1. The molecule has 0 fully saturated rings. The van der Waals surface area contributed by atoms with Crippen LogP contribution in [0.5, 0.6) is 11.5 Å². The molecule has 0 atom stereocenters. The fourth-order valence-electron chi connectivity index (χ4n) is 2.63. The van der Waals surface area contributed by atoms with E-state index in [9.17, 15) is 18.0 Å². The first-order valence-electron chi connectivity index (χ1n) is 9.41. The lowest BCUT2D eigenvalue weighted by Crippen LogP contribution is -2.24. The van der Waals surface area contributed by atoms with E-state index in [1.54, 1.807) is 25.1 Å². The molecule has 2 aromatic carbocycles. The number of carbonyl (C=O) groups is 2. The maximum Gasteiger partial charge on any atom is 0.338 e. The van der Waals surface area contributed by atoms with Gasteiger partial charge in [0.1, 0.15) is 0 Å². The summed E-state index contributed by atoms with van der Waals surface area (Å²) in [6, 6.07) is 9.07. The Kier molecular flexibility index (Phi) is 8.01. The van der Waals surface area contributed by atoms with Crippen LogP contribution in [-0.4, -0.2) is 59.0 Å². The van der Waals surface area contributed by atoms with Crippen LogP contribution in [0.1, 0.15) is 22.8 Å². The minimum absolute atomic E-state index is 0.0776. The number of rotatable bonds is 9. The van der Waals surface area contributed by atoms with Crippen molar-refractivity contribution < 1.29 is 32.2 Å². The number of hydrogen-bond acceptors (Lipinski definition) is 7. The molecule has 0 aliphatic carbocycles. The van der Waals surface area contributed by atoms with Gasteiger partial charge in [-0.3, -0.25) is 4.79 Å². The summed E-state index contributed by atoms with van der Waals surface area (Å²) < 4.78 is 41.5. The van der Waals surface area contributed by atoms with Crippen LogP contribution in [0.4, 0.5) is 5.69 Å². The standard InChI is InChI=1S/C21H26N2O7S/c1-6-29-17-10-8-15(11-18(17)28-5)21(25)30-13-20(24)22-16-9-7-14(2)19(12-16)31(26,27)23(3)4/h7-12H,6,13H2,1-5H3,(H,22,24). The largest absolute Gasteiger partial charge is 0.493 e. The third-order valence-corrected chi connectivity index (χ3v) is 6.22. The van der Waals surface area contributed by atoms with E-state index in [0.717, 1.165) is 4.31 Å². The van der Waals surface area contributed by atoms with E-state index in [1.165, 1.54) is 39.4 Å². The van der Waals surface area contributed by atoms with Crippen LogP contribution in [0, 0.1) is 6.92 Å². The number of anilines is 1. The number of nitrogens with zero attached hydrogens (tertiary/aromatic N) is 1. The van der Waals surface area contributed by atoms with E-state index >= 15 is 0 Å². The van der Waals surface area contributed by atoms with Crippen molar-refractivity contribution in [3.8, 4) is 11.5 Å². The number of hydrogen-bond donors (Lipinski definition) is 1. The lowest BCUT2D eigenvalue weighted by Gasteiger charge is -2.15. The number of ether oxygens (including phenoxy) is 3. The normalized spacial score (nSPS) is 11.2.